The molecule has 0 amide bonds. The van der Waals surface area contributed by atoms with Gasteiger partial charge in [0.15, 0.2) is 0 Å². The normalized spacial score (nSPS) is 17.7. The smallest absolute Gasteiger partial charge is 0.225 e. The highest BCUT2D eigenvalue weighted by Gasteiger charge is 2.55. The summed E-state index contributed by atoms with van der Waals surface area (Å²) in [5, 5.41) is 9.36. The summed E-state index contributed by atoms with van der Waals surface area (Å²) in [7, 11) is -3.12. The minimum Gasteiger partial charge on any atom is -0.486 e. The third-order valence-corrected chi connectivity index (χ3v) is 10.0. The number of hydrogen-bond acceptors (Lipinski definition) is 8. The zero-order valence-electron chi connectivity index (χ0n) is 21.6. The number of hydrogen-bond donors (Lipinski definition) is 1. The summed E-state index contributed by atoms with van der Waals surface area (Å²) >= 11 is 12.8. The average molecular weight is 589 g/mol. The number of nitrogens with one attached hydrogen (secondary N) is 1. The van der Waals surface area contributed by atoms with Crippen molar-refractivity contribution in [3.63, 3.8) is 0 Å². The van der Waals surface area contributed by atoms with Crippen LogP contribution in [0.1, 0.15) is 31.2 Å². The van der Waals surface area contributed by atoms with Crippen LogP contribution in [0.2, 0.25) is 10.0 Å². The van der Waals surface area contributed by atoms with Crippen molar-refractivity contribution in [2.45, 2.75) is 26.9 Å². The molecule has 4 aromatic rings. The van der Waals surface area contributed by atoms with Crippen LogP contribution >= 0.6 is 23.2 Å². The predicted molar refractivity (Wildman–Crippen MR) is 151 cm³/mol. The van der Waals surface area contributed by atoms with Crippen LogP contribution in [0.4, 0.5) is 5.95 Å². The van der Waals surface area contributed by atoms with E-state index in [1.165, 1.54) is 0 Å². The van der Waals surface area contributed by atoms with Crippen molar-refractivity contribution >= 4 is 50.1 Å². The maximum absolute atomic E-state index is 12.0. The quantitative estimate of drug-likeness (QED) is 0.332. The molecule has 1 spiro atoms. The Morgan fingerprint density at radius 3 is 2.51 bits per heavy atom. The van der Waals surface area contributed by atoms with Crippen molar-refractivity contribution in [3.8, 4) is 17.0 Å². The van der Waals surface area contributed by atoms with Gasteiger partial charge in [-0.3, -0.25) is 10.1 Å². The molecule has 2 aliphatic heterocycles. The second-order valence-electron chi connectivity index (χ2n) is 10.3. The summed E-state index contributed by atoms with van der Waals surface area (Å²) in [5.74, 6) is 1.40. The molecule has 5 heterocycles. The third kappa shape index (κ3) is 4.61. The number of sulfonamides is 1. The summed E-state index contributed by atoms with van der Waals surface area (Å²) in [6.45, 7) is 8.03. The fraction of sp³-hybridized carbons (Fsp3) is 0.385. The molecule has 0 radical (unpaired) electrons. The number of halogens is 2. The molecular formula is C26H27Cl2N7O3S. The third-order valence-electron chi connectivity index (χ3n) is 7.47. The number of aromatic nitrogens is 5. The summed E-state index contributed by atoms with van der Waals surface area (Å²) in [6, 6.07) is 5.69. The standard InChI is InChI=1S/C26H27Cl2N7O3S/c1-4-39(36,37)35-13-26(14-35)11-34(12-26)25-30-8-17(9-31-25)24-19-7-18(5-6-21(19)32-33-24)38-16(3)22-20(27)10-29-15(2)23(22)28/h5-10,16H,4,11-14H2,1-3H3,(H,32,33). The molecule has 1 N–H and O–H groups in total. The number of rotatable bonds is 7. The van der Waals surface area contributed by atoms with Gasteiger partial charge in [0.2, 0.25) is 16.0 Å². The van der Waals surface area contributed by atoms with Crippen molar-refractivity contribution in [1.29, 1.82) is 0 Å². The fourth-order valence-corrected chi connectivity index (χ4v) is 7.25. The fourth-order valence-electron chi connectivity index (χ4n) is 5.29. The lowest BCUT2D eigenvalue weighted by molar-refractivity contribution is 0.0385. The van der Waals surface area contributed by atoms with E-state index in [1.807, 2.05) is 32.0 Å². The topological polar surface area (TPSA) is 117 Å². The molecule has 1 aromatic carbocycles. The van der Waals surface area contributed by atoms with Gasteiger partial charge < -0.3 is 9.64 Å². The first-order valence-corrected chi connectivity index (χ1v) is 15.0. The van der Waals surface area contributed by atoms with Gasteiger partial charge >= 0.3 is 0 Å². The van der Waals surface area contributed by atoms with E-state index in [4.69, 9.17) is 27.9 Å². The van der Waals surface area contributed by atoms with Gasteiger partial charge in [0, 0.05) is 66.7 Å². The monoisotopic (exact) mass is 587 g/mol. The van der Waals surface area contributed by atoms with Crippen LogP contribution in [0, 0.1) is 12.3 Å². The first-order chi connectivity index (χ1) is 18.6. The van der Waals surface area contributed by atoms with Crippen molar-refractivity contribution < 1.29 is 13.2 Å². The van der Waals surface area contributed by atoms with E-state index in [-0.39, 0.29) is 11.2 Å². The first kappa shape index (κ1) is 26.2. The second-order valence-corrected chi connectivity index (χ2v) is 13.3. The number of anilines is 1. The van der Waals surface area contributed by atoms with E-state index >= 15 is 0 Å². The van der Waals surface area contributed by atoms with Crippen LogP contribution in [0.5, 0.6) is 5.75 Å². The van der Waals surface area contributed by atoms with Gasteiger partial charge in [-0.25, -0.2) is 22.7 Å². The van der Waals surface area contributed by atoms with Gasteiger partial charge in [-0.1, -0.05) is 23.2 Å². The van der Waals surface area contributed by atoms with Crippen LogP contribution in [0.25, 0.3) is 22.2 Å². The molecule has 2 fully saturated rings. The lowest BCUT2D eigenvalue weighted by Gasteiger charge is -2.59. The van der Waals surface area contributed by atoms with Crippen molar-refractivity contribution in [3.05, 3.63) is 58.1 Å². The molecule has 13 heteroatoms. The number of pyridine rings is 1. The Morgan fingerprint density at radius 2 is 1.82 bits per heavy atom. The Morgan fingerprint density at radius 1 is 1.10 bits per heavy atom. The van der Waals surface area contributed by atoms with E-state index in [0.29, 0.717) is 51.8 Å². The molecule has 204 valence electrons. The van der Waals surface area contributed by atoms with Gasteiger partial charge in [0.25, 0.3) is 0 Å². The molecule has 0 saturated carbocycles. The zero-order chi connectivity index (χ0) is 27.5. The summed E-state index contributed by atoms with van der Waals surface area (Å²) < 4.78 is 31.9. The van der Waals surface area contributed by atoms with Gasteiger partial charge in [0.1, 0.15) is 17.5 Å². The average Bonchev–Trinajstić information content (AvgIpc) is 3.28. The number of aryl methyl sites for hydroxylation is 1. The van der Waals surface area contributed by atoms with E-state index in [2.05, 4.69) is 30.0 Å². The van der Waals surface area contributed by atoms with Crippen molar-refractivity contribution in [1.82, 2.24) is 29.5 Å². The van der Waals surface area contributed by atoms with Crippen LogP contribution in [-0.4, -0.2) is 69.8 Å². The van der Waals surface area contributed by atoms with E-state index < -0.39 is 16.1 Å². The molecule has 3 aromatic heterocycles. The zero-order valence-corrected chi connectivity index (χ0v) is 24.0. The Balaban J connectivity index is 1.17. The minimum atomic E-state index is -3.12. The number of H-pyrrole nitrogens is 1. The van der Waals surface area contributed by atoms with Gasteiger partial charge in [-0.05, 0) is 39.0 Å². The van der Waals surface area contributed by atoms with Crippen LogP contribution in [0.15, 0.2) is 36.8 Å². The van der Waals surface area contributed by atoms with E-state index in [9.17, 15) is 8.42 Å². The molecule has 2 aliphatic rings. The first-order valence-electron chi connectivity index (χ1n) is 12.6. The SMILES string of the molecule is CCS(=O)(=O)N1CC2(CN(c3ncc(-c4n[nH]c5ccc(OC(C)c6c(Cl)cnc(C)c6Cl)cc45)cn3)C2)C1. The molecule has 6 rings (SSSR count). The Bertz CT molecular complexity index is 1660. The molecular weight excluding hydrogens is 561 g/mol. The van der Waals surface area contributed by atoms with Gasteiger partial charge in [0.05, 0.1) is 27.0 Å². The summed E-state index contributed by atoms with van der Waals surface area (Å²) in [4.78, 5) is 15.4. The van der Waals surface area contributed by atoms with Gasteiger partial charge in [-0.2, -0.15) is 5.10 Å². The Hall–Kier alpha value is -2.99. The van der Waals surface area contributed by atoms with Crippen LogP contribution in [-0.2, 0) is 10.0 Å². The maximum atomic E-state index is 12.0. The molecule has 0 bridgehead atoms. The lowest BCUT2D eigenvalue weighted by atomic mass is 9.74. The molecule has 2 saturated heterocycles. The molecule has 39 heavy (non-hydrogen) atoms. The number of aromatic amines is 1. The highest BCUT2D eigenvalue weighted by Crippen LogP contribution is 2.42. The van der Waals surface area contributed by atoms with E-state index in [1.54, 1.807) is 29.8 Å². The number of fused-ring (bicyclic) bond motifs is 1. The molecule has 1 unspecified atom stereocenters. The number of benzene rings is 1. The van der Waals surface area contributed by atoms with Crippen LogP contribution < -0.4 is 9.64 Å². The van der Waals surface area contributed by atoms with Crippen molar-refractivity contribution in [2.75, 3.05) is 36.8 Å². The van der Waals surface area contributed by atoms with Crippen molar-refractivity contribution in [2.24, 2.45) is 5.41 Å². The van der Waals surface area contributed by atoms with Crippen LogP contribution in [0.3, 0.4) is 0 Å². The molecule has 1 atom stereocenters. The number of nitrogens with zero attached hydrogens (tertiary/aromatic N) is 6. The summed E-state index contributed by atoms with van der Waals surface area (Å²) in [6.07, 6.45) is 4.70. The second kappa shape index (κ2) is 9.58. The number of ether oxygens (including phenoxy) is 1. The highest BCUT2D eigenvalue weighted by atomic mass is 35.5. The Kier molecular flexibility index (Phi) is 6.45. The largest absolute Gasteiger partial charge is 0.486 e. The summed E-state index contributed by atoms with van der Waals surface area (Å²) in [5.41, 5.74) is 3.73. The lowest BCUT2D eigenvalue weighted by Crippen LogP contribution is -2.73. The highest BCUT2D eigenvalue weighted by molar-refractivity contribution is 7.89. The van der Waals surface area contributed by atoms with Gasteiger partial charge in [-0.15, -0.1) is 0 Å². The van der Waals surface area contributed by atoms with E-state index in [0.717, 1.165) is 29.6 Å². The predicted octanol–water partition coefficient (Wildman–Crippen LogP) is 4.64. The molecule has 0 aliphatic carbocycles. The maximum Gasteiger partial charge on any atom is 0.225 e. The molecule has 10 nitrogen and oxygen atoms in total. The minimum absolute atomic E-state index is 0.0135. The Labute approximate surface area is 236 Å².